The highest BCUT2D eigenvalue weighted by molar-refractivity contribution is 5.75. The van der Waals surface area contributed by atoms with E-state index in [9.17, 15) is 25.0 Å². The van der Waals surface area contributed by atoms with E-state index in [0.717, 1.165) is 0 Å². The van der Waals surface area contributed by atoms with Crippen molar-refractivity contribution in [2.75, 3.05) is 20.2 Å². The van der Waals surface area contributed by atoms with E-state index in [1.807, 2.05) is 13.8 Å². The van der Waals surface area contributed by atoms with Gasteiger partial charge in [0.2, 0.25) is 19.3 Å². The van der Waals surface area contributed by atoms with Crippen LogP contribution in [0.2, 0.25) is 0 Å². The van der Waals surface area contributed by atoms with E-state index in [2.05, 4.69) is 0 Å². The molecule has 12 heteroatoms. The number of fused-ring (bicyclic) bond motifs is 2. The van der Waals surface area contributed by atoms with Crippen molar-refractivity contribution in [1.82, 2.24) is 0 Å². The Bertz CT molecular complexity index is 1150. The van der Waals surface area contributed by atoms with Crippen molar-refractivity contribution in [3.8, 4) is 23.0 Å². The molecule has 0 aromatic heterocycles. The number of carbonyl (C=O) groups excluding carboxylic acids is 1. The molecule has 3 heterocycles. The smallest absolute Gasteiger partial charge is 0.315 e. The first-order valence-corrected chi connectivity index (χ1v) is 10.7. The predicted molar refractivity (Wildman–Crippen MR) is 122 cm³/mol. The Morgan fingerprint density at radius 3 is 2.14 bits per heavy atom. The van der Waals surface area contributed by atoms with Crippen molar-refractivity contribution in [3.63, 3.8) is 0 Å². The lowest BCUT2D eigenvalue weighted by molar-refractivity contribution is -0.385. The Morgan fingerprint density at radius 2 is 1.46 bits per heavy atom. The first-order valence-electron chi connectivity index (χ1n) is 10.7. The monoisotopic (exact) mass is 490 g/mol. The Hall–Kier alpha value is -4.09. The second-order valence-electron chi connectivity index (χ2n) is 7.60. The molecular weight excluding hydrogens is 464 g/mol. The average molecular weight is 490 g/mol. The normalized spacial score (nSPS) is 18.7. The van der Waals surface area contributed by atoms with Gasteiger partial charge in [0.1, 0.15) is 0 Å². The number of benzene rings is 2. The molecule has 35 heavy (non-hydrogen) atoms. The third-order valence-corrected chi connectivity index (χ3v) is 5.73. The third-order valence-electron chi connectivity index (χ3n) is 5.73. The number of esters is 1. The van der Waals surface area contributed by atoms with Gasteiger partial charge >= 0.3 is 11.7 Å². The van der Waals surface area contributed by atoms with Crippen molar-refractivity contribution >= 4 is 17.3 Å². The Labute approximate surface area is 201 Å². The Kier molecular flexibility index (Phi) is 7.62. The number of cyclic esters (lactones) is 1. The quantitative estimate of drug-likeness (QED) is 0.327. The number of rotatable bonds is 6. The average Bonchev–Trinajstić information content (AvgIpc) is 3.55. The summed E-state index contributed by atoms with van der Waals surface area (Å²) in [6, 6.07) is 5.82. The van der Waals surface area contributed by atoms with Gasteiger partial charge in [0.15, 0.2) is 17.2 Å². The second kappa shape index (κ2) is 10.5. The maximum atomic E-state index is 12.5. The molecule has 5 rings (SSSR count). The van der Waals surface area contributed by atoms with Crippen molar-refractivity contribution in [1.29, 1.82) is 0 Å². The van der Waals surface area contributed by atoms with Crippen LogP contribution in [0.3, 0.4) is 0 Å². The summed E-state index contributed by atoms with van der Waals surface area (Å²) < 4.78 is 26.2. The molecule has 0 N–H and O–H groups in total. The second-order valence-corrected chi connectivity index (χ2v) is 7.60. The maximum Gasteiger partial charge on any atom is 0.315 e. The molecule has 2 atom stereocenters. The number of nitro benzene ring substituents is 2. The molecule has 0 saturated carbocycles. The maximum absolute atomic E-state index is 12.5. The lowest BCUT2D eigenvalue weighted by atomic mass is 9.84. The van der Waals surface area contributed by atoms with E-state index in [4.69, 9.17) is 23.7 Å². The van der Waals surface area contributed by atoms with Gasteiger partial charge in [0.25, 0.3) is 5.69 Å². The summed E-state index contributed by atoms with van der Waals surface area (Å²) in [5.74, 6) is -0.491. The van der Waals surface area contributed by atoms with Gasteiger partial charge in [-0.05, 0) is 30.5 Å². The zero-order valence-corrected chi connectivity index (χ0v) is 18.5. The molecular formula is C23H26N2O10. The number of ether oxygens (including phenoxy) is 5. The highest BCUT2D eigenvalue weighted by Crippen LogP contribution is 2.43. The lowest BCUT2D eigenvalue weighted by Gasteiger charge is -2.16. The van der Waals surface area contributed by atoms with Crippen molar-refractivity contribution in [3.05, 3.63) is 55.6 Å². The van der Waals surface area contributed by atoms with Crippen molar-refractivity contribution < 1.29 is 38.3 Å². The van der Waals surface area contributed by atoms with Crippen LogP contribution in [0, 0.1) is 32.1 Å². The molecule has 12 nitrogen and oxygen atoms in total. The van der Waals surface area contributed by atoms with Crippen LogP contribution in [0.4, 0.5) is 11.4 Å². The Balaban J connectivity index is 0.00000111. The minimum atomic E-state index is -0.668. The molecule has 1 saturated heterocycles. The van der Waals surface area contributed by atoms with E-state index in [1.165, 1.54) is 18.2 Å². The summed E-state index contributed by atoms with van der Waals surface area (Å²) in [6.45, 7) is 3.96. The van der Waals surface area contributed by atoms with Gasteiger partial charge in [-0.2, -0.15) is 0 Å². The first kappa shape index (κ1) is 25.5. The van der Waals surface area contributed by atoms with Crippen LogP contribution in [-0.2, 0) is 22.4 Å². The van der Waals surface area contributed by atoms with Gasteiger partial charge in [0, 0.05) is 17.5 Å². The standard InChI is InChI=1S/C20H16N2O10.C2H6.CH4/c23-20-13(4-11-5-16-17(30-8-29-16)6-14(11)21(24)25)12(7-28-20)1-10-2-15(22(26)27)19-18(3-10)31-9-32-19;1-2;/h2-3,5-6,12-13H,1,4,7-9H2;1-2H3;1H4/t12-,13?;;/m0../s1. The van der Waals surface area contributed by atoms with Crippen molar-refractivity contribution in [2.24, 2.45) is 11.8 Å². The van der Waals surface area contributed by atoms with Gasteiger partial charge < -0.3 is 23.7 Å². The molecule has 188 valence electrons. The van der Waals surface area contributed by atoms with Crippen LogP contribution in [0.15, 0.2) is 24.3 Å². The molecule has 0 radical (unpaired) electrons. The molecule has 3 aliphatic rings. The zero-order chi connectivity index (χ0) is 24.4. The van der Waals surface area contributed by atoms with Crippen LogP contribution in [0.1, 0.15) is 32.4 Å². The highest BCUT2D eigenvalue weighted by Gasteiger charge is 2.39. The van der Waals surface area contributed by atoms with E-state index in [0.29, 0.717) is 16.9 Å². The zero-order valence-electron chi connectivity index (χ0n) is 18.5. The summed E-state index contributed by atoms with van der Waals surface area (Å²) in [5.41, 5.74) is 0.508. The summed E-state index contributed by atoms with van der Waals surface area (Å²) in [6.07, 6.45) is 0.343. The van der Waals surface area contributed by atoms with E-state index < -0.39 is 21.7 Å². The van der Waals surface area contributed by atoms with Gasteiger partial charge in [-0.1, -0.05) is 21.3 Å². The van der Waals surface area contributed by atoms with Crippen LogP contribution < -0.4 is 18.9 Å². The number of nitro groups is 2. The molecule has 2 aromatic rings. The minimum Gasteiger partial charge on any atom is -0.465 e. The summed E-state index contributed by atoms with van der Waals surface area (Å²) in [5, 5.41) is 23.0. The van der Waals surface area contributed by atoms with Gasteiger partial charge in [-0.3, -0.25) is 25.0 Å². The number of carbonyl (C=O) groups is 1. The fourth-order valence-corrected chi connectivity index (χ4v) is 4.20. The molecule has 1 fully saturated rings. The molecule has 0 amide bonds. The first-order chi connectivity index (χ1) is 16.4. The third kappa shape index (κ3) is 4.91. The molecule has 0 aliphatic carbocycles. The largest absolute Gasteiger partial charge is 0.465 e. The van der Waals surface area contributed by atoms with E-state index in [1.54, 1.807) is 6.07 Å². The van der Waals surface area contributed by atoms with E-state index >= 15 is 0 Å². The van der Waals surface area contributed by atoms with E-state index in [-0.39, 0.29) is 75.0 Å². The van der Waals surface area contributed by atoms with Gasteiger partial charge in [0.05, 0.1) is 28.4 Å². The fourth-order valence-electron chi connectivity index (χ4n) is 4.20. The fraction of sp³-hybridized carbons (Fsp3) is 0.435. The van der Waals surface area contributed by atoms with Gasteiger partial charge in [-0.15, -0.1) is 0 Å². The number of nitrogens with zero attached hydrogens (tertiary/aromatic N) is 2. The summed E-state index contributed by atoms with van der Waals surface area (Å²) in [7, 11) is 0. The van der Waals surface area contributed by atoms with Crippen molar-refractivity contribution in [2.45, 2.75) is 34.1 Å². The number of hydrogen-bond acceptors (Lipinski definition) is 10. The van der Waals surface area contributed by atoms with Crippen LogP contribution in [0.25, 0.3) is 0 Å². The molecule has 1 unspecified atom stereocenters. The topological polar surface area (TPSA) is 150 Å². The molecule has 3 aliphatic heterocycles. The summed E-state index contributed by atoms with van der Waals surface area (Å²) >= 11 is 0. The SMILES string of the molecule is C.CC.O=C1OC[C@H](Cc2cc3c(c([N+](=O)[O-])c2)OCO3)C1Cc1cc2c(cc1[N+](=O)[O-])OCO2. The molecule has 0 bridgehead atoms. The minimum absolute atomic E-state index is 0. The van der Waals surface area contributed by atoms with Crippen LogP contribution in [-0.4, -0.2) is 36.0 Å². The van der Waals surface area contributed by atoms with Crippen LogP contribution in [0.5, 0.6) is 23.0 Å². The highest BCUT2D eigenvalue weighted by atomic mass is 16.7. The predicted octanol–water partition coefficient (Wildman–Crippen LogP) is 4.20. The van der Waals surface area contributed by atoms with Gasteiger partial charge in [-0.25, -0.2) is 0 Å². The molecule has 0 spiro atoms. The number of hydrogen-bond donors (Lipinski definition) is 0. The molecule has 2 aromatic carbocycles. The van der Waals surface area contributed by atoms with Crippen LogP contribution >= 0.6 is 0 Å². The lowest BCUT2D eigenvalue weighted by Crippen LogP contribution is -2.21. The Morgan fingerprint density at radius 1 is 0.829 bits per heavy atom. The summed E-state index contributed by atoms with van der Waals surface area (Å²) in [4.78, 5) is 34.3.